The summed E-state index contributed by atoms with van der Waals surface area (Å²) in [6.45, 7) is 11.3. The summed E-state index contributed by atoms with van der Waals surface area (Å²) in [6, 6.07) is 10.8. The first-order valence-corrected chi connectivity index (χ1v) is 9.69. The molecule has 0 atom stereocenters. The second kappa shape index (κ2) is 8.66. The van der Waals surface area contributed by atoms with Crippen molar-refractivity contribution in [3.8, 4) is 5.75 Å². The fraction of sp³-hybridized carbons (Fsp3) is 0.391. The van der Waals surface area contributed by atoms with E-state index in [1.807, 2.05) is 47.6 Å². The van der Waals surface area contributed by atoms with Gasteiger partial charge in [-0.2, -0.15) is 5.12 Å². The van der Waals surface area contributed by atoms with E-state index in [2.05, 4.69) is 0 Å². The quantitative estimate of drug-likeness (QED) is 0.480. The van der Waals surface area contributed by atoms with Gasteiger partial charge in [-0.15, -0.1) is 0 Å². The third-order valence-corrected chi connectivity index (χ3v) is 4.66. The van der Waals surface area contributed by atoms with Crippen LogP contribution in [0.15, 0.2) is 36.4 Å². The van der Waals surface area contributed by atoms with Gasteiger partial charge in [0, 0.05) is 16.7 Å². The third-order valence-electron chi connectivity index (χ3n) is 4.66. The van der Waals surface area contributed by atoms with Gasteiger partial charge in [0.15, 0.2) is 0 Å². The second-order valence-electron chi connectivity index (χ2n) is 8.15. The molecule has 2 rings (SSSR count). The number of hydrazine groups is 2. The first-order valence-electron chi connectivity index (χ1n) is 9.69. The lowest BCUT2D eigenvalue weighted by Crippen LogP contribution is -2.61. The van der Waals surface area contributed by atoms with Crippen molar-refractivity contribution in [3.05, 3.63) is 64.2 Å². The second-order valence-corrected chi connectivity index (χ2v) is 8.15. The molecule has 2 N–H and O–H groups in total. The Balaban J connectivity index is 2.51. The summed E-state index contributed by atoms with van der Waals surface area (Å²) in [5.41, 5.74) is 2.88. The summed E-state index contributed by atoms with van der Waals surface area (Å²) in [7, 11) is 1.56. The Bertz CT molecular complexity index is 896. The summed E-state index contributed by atoms with van der Waals surface area (Å²) in [5, 5.41) is 2.23. The van der Waals surface area contributed by atoms with Crippen LogP contribution < -0.4 is 10.6 Å². The molecular formula is C23H31N3O3. The van der Waals surface area contributed by atoms with Crippen LogP contribution in [0.1, 0.15) is 65.1 Å². The van der Waals surface area contributed by atoms with Crippen LogP contribution in [0, 0.1) is 13.8 Å². The van der Waals surface area contributed by atoms with Crippen LogP contribution in [0.2, 0.25) is 0 Å². The molecule has 29 heavy (non-hydrogen) atoms. The smallest absolute Gasteiger partial charge is 0.287 e. The van der Waals surface area contributed by atoms with Gasteiger partial charge in [0.05, 0.1) is 12.6 Å². The number of ether oxygens (including phenoxy) is 1. The number of aryl methyl sites for hydroxylation is 2. The van der Waals surface area contributed by atoms with Crippen molar-refractivity contribution in [1.29, 1.82) is 0 Å². The van der Waals surface area contributed by atoms with Gasteiger partial charge < -0.3 is 4.74 Å². The Morgan fingerprint density at radius 2 is 1.62 bits per heavy atom. The fourth-order valence-corrected chi connectivity index (χ4v) is 3.48. The number of amides is 2. The van der Waals surface area contributed by atoms with Gasteiger partial charge >= 0.3 is 0 Å². The standard InChI is InChI=1S/C23H31N3O3/c1-8-18-19(10-9-11-20(18)29-7)22(28)26(24)25(23(4,5)6)21(27)17-13-15(2)12-16(3)14-17/h9-14H,8,24H2,1-7H3. The minimum Gasteiger partial charge on any atom is -0.496 e. The number of nitrogens with two attached hydrogens (primary N) is 1. The molecule has 2 aromatic rings. The summed E-state index contributed by atoms with van der Waals surface area (Å²) in [5.74, 6) is 6.08. The SMILES string of the molecule is CCc1c(OC)cccc1C(=O)N(N)N(C(=O)c1cc(C)cc(C)c1)C(C)(C)C. The molecule has 0 unspecified atom stereocenters. The van der Waals surface area contributed by atoms with Crippen LogP contribution in [0.3, 0.4) is 0 Å². The maximum atomic E-state index is 13.4. The Morgan fingerprint density at radius 3 is 2.10 bits per heavy atom. The lowest BCUT2D eigenvalue weighted by Gasteiger charge is -2.41. The van der Waals surface area contributed by atoms with E-state index in [0.29, 0.717) is 23.3 Å². The number of benzene rings is 2. The molecule has 0 spiro atoms. The van der Waals surface area contributed by atoms with Gasteiger partial charge in [-0.3, -0.25) is 9.59 Å². The van der Waals surface area contributed by atoms with E-state index in [1.165, 1.54) is 5.01 Å². The lowest BCUT2D eigenvalue weighted by molar-refractivity contribution is -0.0444. The van der Waals surface area contributed by atoms with Crippen LogP contribution in [0.5, 0.6) is 5.75 Å². The predicted octanol–water partition coefficient (Wildman–Crippen LogP) is 4.05. The number of hydrogen-bond acceptors (Lipinski definition) is 4. The zero-order valence-corrected chi connectivity index (χ0v) is 18.4. The van der Waals surface area contributed by atoms with Crippen molar-refractivity contribution in [1.82, 2.24) is 10.1 Å². The van der Waals surface area contributed by atoms with Crippen LogP contribution in [-0.2, 0) is 6.42 Å². The van der Waals surface area contributed by atoms with E-state index >= 15 is 0 Å². The first kappa shape index (κ1) is 22.4. The summed E-state index contributed by atoms with van der Waals surface area (Å²) in [4.78, 5) is 26.7. The van der Waals surface area contributed by atoms with E-state index in [-0.39, 0.29) is 5.91 Å². The summed E-state index contributed by atoms with van der Waals surface area (Å²) >= 11 is 0. The fourth-order valence-electron chi connectivity index (χ4n) is 3.48. The van der Waals surface area contributed by atoms with Crippen molar-refractivity contribution >= 4 is 11.8 Å². The monoisotopic (exact) mass is 397 g/mol. The van der Waals surface area contributed by atoms with Gasteiger partial charge in [0.2, 0.25) is 0 Å². The highest BCUT2D eigenvalue weighted by molar-refractivity contribution is 6.00. The molecule has 0 saturated heterocycles. The molecule has 6 heteroatoms. The third kappa shape index (κ3) is 4.77. The van der Waals surface area contributed by atoms with E-state index in [0.717, 1.165) is 21.8 Å². The Morgan fingerprint density at radius 1 is 1.03 bits per heavy atom. The molecule has 6 nitrogen and oxygen atoms in total. The molecule has 156 valence electrons. The maximum absolute atomic E-state index is 13.4. The molecule has 0 bridgehead atoms. The van der Waals surface area contributed by atoms with Gasteiger partial charge in [-0.25, -0.2) is 10.9 Å². The highest BCUT2D eigenvalue weighted by Crippen LogP contribution is 2.26. The molecule has 0 aliphatic carbocycles. The zero-order valence-electron chi connectivity index (χ0n) is 18.4. The van der Waals surface area contributed by atoms with Crippen LogP contribution >= 0.6 is 0 Å². The topological polar surface area (TPSA) is 75.9 Å². The highest BCUT2D eigenvalue weighted by atomic mass is 16.5. The maximum Gasteiger partial charge on any atom is 0.287 e. The van der Waals surface area contributed by atoms with E-state index < -0.39 is 11.4 Å². The van der Waals surface area contributed by atoms with Crippen molar-refractivity contribution in [2.75, 3.05) is 7.11 Å². The van der Waals surface area contributed by atoms with Crippen molar-refractivity contribution in [2.45, 2.75) is 53.5 Å². The Labute approximate surface area is 173 Å². The van der Waals surface area contributed by atoms with Crippen molar-refractivity contribution < 1.29 is 14.3 Å². The molecule has 0 aliphatic heterocycles. The summed E-state index contributed by atoms with van der Waals surface area (Å²) in [6.07, 6.45) is 0.597. The average Bonchev–Trinajstić information content (AvgIpc) is 2.64. The highest BCUT2D eigenvalue weighted by Gasteiger charge is 2.35. The number of rotatable bonds is 4. The Hall–Kier alpha value is -2.86. The zero-order chi connectivity index (χ0) is 21.9. The summed E-state index contributed by atoms with van der Waals surface area (Å²) < 4.78 is 5.39. The van der Waals surface area contributed by atoms with Gasteiger partial charge in [0.25, 0.3) is 11.8 Å². The first-order chi connectivity index (χ1) is 13.5. The predicted molar refractivity (Wildman–Crippen MR) is 115 cm³/mol. The van der Waals surface area contributed by atoms with Crippen molar-refractivity contribution in [3.63, 3.8) is 0 Å². The molecule has 0 heterocycles. The minimum absolute atomic E-state index is 0.332. The molecule has 0 fully saturated rings. The normalized spacial score (nSPS) is 11.2. The molecule has 2 amide bonds. The molecule has 0 aliphatic rings. The average molecular weight is 398 g/mol. The number of hydrogen-bond donors (Lipinski definition) is 1. The number of nitrogens with zero attached hydrogens (tertiary/aromatic N) is 2. The number of carbonyl (C=O) groups is 2. The van der Waals surface area contributed by atoms with Crippen molar-refractivity contribution in [2.24, 2.45) is 5.84 Å². The largest absolute Gasteiger partial charge is 0.496 e. The number of methoxy groups -OCH3 is 1. The lowest BCUT2D eigenvalue weighted by atomic mass is 10.0. The van der Waals surface area contributed by atoms with Crippen LogP contribution in [0.4, 0.5) is 0 Å². The Kier molecular flexibility index (Phi) is 6.69. The van der Waals surface area contributed by atoms with Gasteiger partial charge in [0.1, 0.15) is 5.75 Å². The van der Waals surface area contributed by atoms with Gasteiger partial charge in [-0.05, 0) is 65.3 Å². The molecule has 0 radical (unpaired) electrons. The van der Waals surface area contributed by atoms with E-state index in [1.54, 1.807) is 37.4 Å². The molecule has 0 saturated carbocycles. The van der Waals surface area contributed by atoms with Crippen LogP contribution in [-0.4, -0.2) is 34.6 Å². The van der Waals surface area contributed by atoms with Crippen LogP contribution in [0.25, 0.3) is 0 Å². The van der Waals surface area contributed by atoms with E-state index in [4.69, 9.17) is 10.6 Å². The molecule has 2 aromatic carbocycles. The molecule has 0 aromatic heterocycles. The number of carbonyl (C=O) groups excluding carboxylic acids is 2. The van der Waals surface area contributed by atoms with Gasteiger partial charge in [-0.1, -0.05) is 30.2 Å². The molecular weight excluding hydrogens is 366 g/mol. The minimum atomic E-state index is -0.718. The van der Waals surface area contributed by atoms with E-state index in [9.17, 15) is 9.59 Å².